The Labute approximate surface area is 175 Å². The monoisotopic (exact) mass is 421 g/mol. The van der Waals surface area contributed by atoms with E-state index < -0.39 is 37.1 Å². The number of imidazole rings is 1. The van der Waals surface area contributed by atoms with Crippen LogP contribution in [0.2, 0.25) is 0 Å². The predicted molar refractivity (Wildman–Crippen MR) is 109 cm³/mol. The molecule has 166 valence electrons. The van der Waals surface area contributed by atoms with Gasteiger partial charge in [-0.05, 0) is 6.42 Å². The van der Waals surface area contributed by atoms with Crippen molar-refractivity contribution in [2.75, 3.05) is 12.3 Å². The highest BCUT2D eigenvalue weighted by Gasteiger charge is 2.47. The topological polar surface area (TPSA) is 146 Å². The SMILES string of the molecule is CCCCCCCCCC(=O)O[C@H]1[C@@H](O)[C@H](n2cnc3c(N)ncnc32)O[C@@H]1CO. The van der Waals surface area contributed by atoms with Crippen molar-refractivity contribution in [2.45, 2.75) is 82.8 Å². The third-order valence-electron chi connectivity index (χ3n) is 5.40. The van der Waals surface area contributed by atoms with Crippen LogP contribution in [-0.4, -0.2) is 60.6 Å². The van der Waals surface area contributed by atoms with Crippen LogP contribution in [-0.2, 0) is 14.3 Å². The summed E-state index contributed by atoms with van der Waals surface area (Å²) < 4.78 is 12.7. The number of esters is 1. The zero-order valence-electron chi connectivity index (χ0n) is 17.3. The number of hydrogen-bond acceptors (Lipinski definition) is 9. The number of carbonyl (C=O) groups is 1. The number of carbonyl (C=O) groups excluding carboxylic acids is 1. The van der Waals surface area contributed by atoms with Crippen LogP contribution in [0.5, 0.6) is 0 Å². The average Bonchev–Trinajstić information content (AvgIpc) is 3.29. The fraction of sp³-hybridized carbons (Fsp3) is 0.700. The Hall–Kier alpha value is -2.30. The van der Waals surface area contributed by atoms with Crippen LogP contribution in [0.4, 0.5) is 5.82 Å². The molecule has 0 saturated carbocycles. The molecular formula is C20H31N5O5. The average molecular weight is 421 g/mol. The number of fused-ring (bicyclic) bond motifs is 1. The molecule has 3 heterocycles. The Bertz CT molecular complexity index is 829. The number of aliphatic hydroxyl groups excluding tert-OH is 2. The van der Waals surface area contributed by atoms with E-state index in [9.17, 15) is 15.0 Å². The summed E-state index contributed by atoms with van der Waals surface area (Å²) in [5.41, 5.74) is 6.57. The Morgan fingerprint density at radius 3 is 2.67 bits per heavy atom. The van der Waals surface area contributed by atoms with Crippen molar-refractivity contribution in [1.82, 2.24) is 19.5 Å². The number of anilines is 1. The van der Waals surface area contributed by atoms with Crippen molar-refractivity contribution in [1.29, 1.82) is 0 Å². The predicted octanol–water partition coefficient (Wildman–Crippen LogP) is 1.71. The van der Waals surface area contributed by atoms with Gasteiger partial charge in [0, 0.05) is 6.42 Å². The van der Waals surface area contributed by atoms with Crippen molar-refractivity contribution >= 4 is 23.0 Å². The molecular weight excluding hydrogens is 390 g/mol. The summed E-state index contributed by atoms with van der Waals surface area (Å²) in [4.78, 5) is 24.5. The molecule has 0 radical (unpaired) electrons. The first-order chi connectivity index (χ1) is 14.6. The van der Waals surface area contributed by atoms with Gasteiger partial charge in [-0.3, -0.25) is 9.36 Å². The molecule has 0 spiro atoms. The number of nitrogen functional groups attached to an aromatic ring is 1. The summed E-state index contributed by atoms with van der Waals surface area (Å²) in [6.45, 7) is 1.78. The number of rotatable bonds is 11. The van der Waals surface area contributed by atoms with Gasteiger partial charge in [0.25, 0.3) is 0 Å². The van der Waals surface area contributed by atoms with Gasteiger partial charge in [-0.15, -0.1) is 0 Å². The fourth-order valence-electron chi connectivity index (χ4n) is 3.74. The Morgan fingerprint density at radius 1 is 1.20 bits per heavy atom. The minimum absolute atomic E-state index is 0.211. The summed E-state index contributed by atoms with van der Waals surface area (Å²) in [6.07, 6.45) is 6.74. The second-order valence-corrected chi connectivity index (χ2v) is 7.65. The van der Waals surface area contributed by atoms with Crippen LogP contribution < -0.4 is 5.73 Å². The molecule has 0 aromatic carbocycles. The summed E-state index contributed by atoms with van der Waals surface area (Å²) in [5.74, 6) is -0.194. The molecule has 1 aliphatic rings. The van der Waals surface area contributed by atoms with Gasteiger partial charge in [-0.25, -0.2) is 15.0 Å². The van der Waals surface area contributed by atoms with Crippen LogP contribution in [0.3, 0.4) is 0 Å². The second kappa shape index (κ2) is 10.6. The normalized spacial score (nSPS) is 23.8. The molecule has 2 aromatic rings. The number of aliphatic hydroxyl groups is 2. The highest BCUT2D eigenvalue weighted by Crippen LogP contribution is 2.33. The van der Waals surface area contributed by atoms with Crippen LogP contribution >= 0.6 is 0 Å². The lowest BCUT2D eigenvalue weighted by Gasteiger charge is -2.20. The van der Waals surface area contributed by atoms with Crippen LogP contribution in [0.15, 0.2) is 12.7 Å². The molecule has 0 amide bonds. The van der Waals surface area contributed by atoms with Crippen molar-refractivity contribution in [3.8, 4) is 0 Å². The molecule has 1 aliphatic heterocycles. The molecule has 1 saturated heterocycles. The maximum atomic E-state index is 12.3. The Kier molecular flexibility index (Phi) is 7.94. The van der Waals surface area contributed by atoms with Crippen molar-refractivity contribution in [3.05, 3.63) is 12.7 Å². The lowest BCUT2D eigenvalue weighted by atomic mass is 10.1. The summed E-state index contributed by atoms with van der Waals surface area (Å²) in [7, 11) is 0. The van der Waals surface area contributed by atoms with Crippen molar-refractivity contribution in [2.24, 2.45) is 0 Å². The van der Waals surface area contributed by atoms with Crippen molar-refractivity contribution in [3.63, 3.8) is 0 Å². The quantitative estimate of drug-likeness (QED) is 0.364. The van der Waals surface area contributed by atoms with Gasteiger partial charge < -0.3 is 25.4 Å². The number of aromatic nitrogens is 4. The minimum atomic E-state index is -1.19. The number of unbranched alkanes of at least 4 members (excludes halogenated alkanes) is 6. The Morgan fingerprint density at radius 2 is 1.93 bits per heavy atom. The number of nitrogens with two attached hydrogens (primary N) is 1. The summed E-state index contributed by atoms with van der Waals surface area (Å²) in [5, 5.41) is 20.4. The van der Waals surface area contributed by atoms with Crippen LogP contribution in [0.1, 0.15) is 64.5 Å². The van der Waals surface area contributed by atoms with E-state index in [0.29, 0.717) is 11.2 Å². The van der Waals surface area contributed by atoms with Gasteiger partial charge in [0.1, 0.15) is 24.1 Å². The lowest BCUT2D eigenvalue weighted by molar-refractivity contribution is -0.156. The van der Waals surface area contributed by atoms with Gasteiger partial charge >= 0.3 is 5.97 Å². The second-order valence-electron chi connectivity index (χ2n) is 7.65. The number of hydrogen-bond donors (Lipinski definition) is 3. The zero-order valence-corrected chi connectivity index (χ0v) is 17.3. The number of nitrogens with zero attached hydrogens (tertiary/aromatic N) is 4. The molecule has 3 rings (SSSR count). The summed E-state index contributed by atoms with van der Waals surface area (Å²) >= 11 is 0. The minimum Gasteiger partial charge on any atom is -0.457 e. The van der Waals surface area contributed by atoms with E-state index in [1.54, 1.807) is 0 Å². The van der Waals surface area contributed by atoms with Crippen LogP contribution in [0.25, 0.3) is 11.2 Å². The highest BCUT2D eigenvalue weighted by molar-refractivity contribution is 5.81. The first kappa shape index (κ1) is 22.4. The largest absolute Gasteiger partial charge is 0.457 e. The standard InChI is InChI=1S/C20H31N5O5/c1-2-3-4-5-6-7-8-9-14(27)30-17-13(10-26)29-20(16(17)28)25-12-24-15-18(21)22-11-23-19(15)25/h11-13,16-17,20,26,28H,2-10H2,1H3,(H2,21,22,23)/t13-,16-,17-,20-/m1/s1. The molecule has 4 N–H and O–H groups in total. The van der Waals surface area contributed by atoms with Crippen molar-refractivity contribution < 1.29 is 24.5 Å². The van der Waals surface area contributed by atoms with Gasteiger partial charge in [-0.1, -0.05) is 45.4 Å². The molecule has 2 aromatic heterocycles. The maximum absolute atomic E-state index is 12.3. The molecule has 4 atom stereocenters. The van der Waals surface area contributed by atoms with Gasteiger partial charge in [-0.2, -0.15) is 0 Å². The highest BCUT2D eigenvalue weighted by atomic mass is 16.6. The zero-order chi connectivity index (χ0) is 21.5. The smallest absolute Gasteiger partial charge is 0.306 e. The third-order valence-corrected chi connectivity index (χ3v) is 5.40. The molecule has 0 bridgehead atoms. The number of ether oxygens (including phenoxy) is 2. The maximum Gasteiger partial charge on any atom is 0.306 e. The van der Waals surface area contributed by atoms with E-state index in [0.717, 1.165) is 19.3 Å². The molecule has 0 aliphatic carbocycles. The molecule has 1 fully saturated rings. The first-order valence-electron chi connectivity index (χ1n) is 10.6. The van der Waals surface area contributed by atoms with E-state index in [1.807, 2.05) is 0 Å². The Balaban J connectivity index is 1.56. The van der Waals surface area contributed by atoms with E-state index in [1.165, 1.54) is 42.9 Å². The fourth-order valence-corrected chi connectivity index (χ4v) is 3.74. The lowest BCUT2D eigenvalue weighted by Crippen LogP contribution is -2.37. The van der Waals surface area contributed by atoms with E-state index in [4.69, 9.17) is 15.2 Å². The van der Waals surface area contributed by atoms with Gasteiger partial charge in [0.05, 0.1) is 12.9 Å². The van der Waals surface area contributed by atoms with E-state index >= 15 is 0 Å². The van der Waals surface area contributed by atoms with Gasteiger partial charge in [0.15, 0.2) is 23.8 Å². The van der Waals surface area contributed by atoms with Gasteiger partial charge in [0.2, 0.25) is 0 Å². The molecule has 0 unspecified atom stereocenters. The van der Waals surface area contributed by atoms with Crippen LogP contribution in [0, 0.1) is 0 Å². The molecule has 10 nitrogen and oxygen atoms in total. The molecule has 30 heavy (non-hydrogen) atoms. The molecule has 10 heteroatoms. The van der Waals surface area contributed by atoms with E-state index in [-0.39, 0.29) is 12.2 Å². The summed E-state index contributed by atoms with van der Waals surface area (Å²) in [6, 6.07) is 0. The third kappa shape index (κ3) is 5.05. The first-order valence-corrected chi connectivity index (χ1v) is 10.6. The van der Waals surface area contributed by atoms with E-state index in [2.05, 4.69) is 21.9 Å².